The van der Waals surface area contributed by atoms with E-state index in [4.69, 9.17) is 9.47 Å². The van der Waals surface area contributed by atoms with Crippen LogP contribution >= 0.6 is 0 Å². The zero-order valence-corrected chi connectivity index (χ0v) is 9.57. The van der Waals surface area contributed by atoms with E-state index in [1.165, 1.54) is 4.90 Å². The number of rotatable bonds is 0. The van der Waals surface area contributed by atoms with Crippen molar-refractivity contribution in [3.8, 4) is 0 Å². The minimum Gasteiger partial charge on any atom is -0.462 e. The molecular formula is C10H17NO4. The third kappa shape index (κ3) is 3.11. The zero-order valence-electron chi connectivity index (χ0n) is 9.57. The van der Waals surface area contributed by atoms with Gasteiger partial charge in [0.25, 0.3) is 0 Å². The van der Waals surface area contributed by atoms with Gasteiger partial charge in [0.1, 0.15) is 18.2 Å². The second-order valence-electron chi connectivity index (χ2n) is 4.52. The summed E-state index contributed by atoms with van der Waals surface area (Å²) in [4.78, 5) is 24.3. The van der Waals surface area contributed by atoms with Crippen molar-refractivity contribution in [1.29, 1.82) is 0 Å². The van der Waals surface area contributed by atoms with Crippen molar-refractivity contribution in [2.24, 2.45) is 0 Å². The number of carbonyl (C=O) groups excluding carboxylic acids is 2. The van der Waals surface area contributed by atoms with Gasteiger partial charge in [-0.25, -0.2) is 9.59 Å². The van der Waals surface area contributed by atoms with Gasteiger partial charge in [0, 0.05) is 0 Å². The van der Waals surface area contributed by atoms with Gasteiger partial charge in [-0.1, -0.05) is 0 Å². The first-order valence-electron chi connectivity index (χ1n) is 4.97. The summed E-state index contributed by atoms with van der Waals surface area (Å²) in [6.07, 6.45) is -0.466. The minimum atomic E-state index is -0.561. The van der Waals surface area contributed by atoms with Crippen LogP contribution in [0.5, 0.6) is 0 Å². The Bertz CT molecular complexity index is 269. The van der Waals surface area contributed by atoms with Crippen LogP contribution in [0.15, 0.2) is 0 Å². The Hall–Kier alpha value is -1.26. The molecule has 15 heavy (non-hydrogen) atoms. The number of esters is 1. The van der Waals surface area contributed by atoms with Crippen LogP contribution in [0.1, 0.15) is 27.7 Å². The molecule has 0 aliphatic carbocycles. The molecule has 0 aromatic heterocycles. The minimum absolute atomic E-state index is 0.239. The lowest BCUT2D eigenvalue weighted by Crippen LogP contribution is -2.51. The molecule has 0 bridgehead atoms. The summed E-state index contributed by atoms with van der Waals surface area (Å²) in [6, 6.07) is -0.561. The summed E-state index contributed by atoms with van der Waals surface area (Å²) in [5.41, 5.74) is -0.543. The first kappa shape index (κ1) is 11.8. The van der Waals surface area contributed by atoms with Crippen LogP contribution in [0.4, 0.5) is 4.79 Å². The fraction of sp³-hybridized carbons (Fsp3) is 0.800. The van der Waals surface area contributed by atoms with E-state index in [0.717, 1.165) is 0 Å². The fourth-order valence-electron chi connectivity index (χ4n) is 1.26. The quantitative estimate of drug-likeness (QED) is 0.569. The van der Waals surface area contributed by atoms with E-state index in [-0.39, 0.29) is 12.6 Å². The molecular weight excluding hydrogens is 198 g/mol. The van der Waals surface area contributed by atoms with Gasteiger partial charge in [0.05, 0.1) is 6.54 Å². The van der Waals surface area contributed by atoms with Gasteiger partial charge < -0.3 is 9.47 Å². The van der Waals surface area contributed by atoms with Gasteiger partial charge in [-0.15, -0.1) is 0 Å². The maximum atomic E-state index is 11.7. The summed E-state index contributed by atoms with van der Waals surface area (Å²) < 4.78 is 9.99. The molecule has 5 nitrogen and oxygen atoms in total. The van der Waals surface area contributed by atoms with Crippen LogP contribution in [0, 0.1) is 0 Å². The van der Waals surface area contributed by atoms with Crippen LogP contribution in [0.25, 0.3) is 0 Å². The van der Waals surface area contributed by atoms with Crippen molar-refractivity contribution >= 4 is 12.1 Å². The molecule has 0 unspecified atom stereocenters. The molecule has 86 valence electrons. The molecule has 0 aromatic carbocycles. The van der Waals surface area contributed by atoms with E-state index in [2.05, 4.69) is 0 Å². The molecule has 5 heteroatoms. The normalized spacial score (nSPS) is 22.3. The molecule has 0 aromatic rings. The zero-order chi connectivity index (χ0) is 11.6. The molecule has 1 saturated heterocycles. The van der Waals surface area contributed by atoms with E-state index in [1.54, 1.807) is 27.7 Å². The van der Waals surface area contributed by atoms with Gasteiger partial charge in [-0.3, -0.25) is 4.90 Å². The standard InChI is InChI=1S/C10H17NO4/c1-7-8(12)14-6-5-11(7)9(13)15-10(2,3)4/h7H,5-6H2,1-4H3/t7-/m0/s1. The van der Waals surface area contributed by atoms with E-state index in [1.807, 2.05) is 0 Å². The largest absolute Gasteiger partial charge is 0.462 e. The molecule has 0 saturated carbocycles. The predicted octanol–water partition coefficient (Wildman–Crippen LogP) is 1.17. The number of nitrogens with zero attached hydrogens (tertiary/aromatic N) is 1. The van der Waals surface area contributed by atoms with Crippen molar-refractivity contribution in [3.63, 3.8) is 0 Å². The van der Waals surface area contributed by atoms with Crippen molar-refractivity contribution < 1.29 is 19.1 Å². The van der Waals surface area contributed by atoms with E-state index < -0.39 is 17.7 Å². The highest BCUT2D eigenvalue weighted by atomic mass is 16.6. The van der Waals surface area contributed by atoms with Crippen molar-refractivity contribution in [3.05, 3.63) is 0 Å². The van der Waals surface area contributed by atoms with E-state index >= 15 is 0 Å². The molecule has 0 N–H and O–H groups in total. The summed E-state index contributed by atoms with van der Waals surface area (Å²) in [5.74, 6) is -0.382. The highest BCUT2D eigenvalue weighted by Crippen LogP contribution is 2.14. The number of hydrogen-bond acceptors (Lipinski definition) is 4. The Morgan fingerprint density at radius 1 is 1.53 bits per heavy atom. The number of cyclic esters (lactones) is 1. The van der Waals surface area contributed by atoms with Crippen molar-refractivity contribution in [2.45, 2.75) is 39.3 Å². The van der Waals surface area contributed by atoms with Gasteiger partial charge in [0.2, 0.25) is 0 Å². The van der Waals surface area contributed by atoms with Crippen LogP contribution in [0.3, 0.4) is 0 Å². The third-order valence-electron chi connectivity index (χ3n) is 2.01. The molecule has 1 fully saturated rings. The Labute approximate surface area is 89.3 Å². The maximum Gasteiger partial charge on any atom is 0.411 e. The second kappa shape index (κ2) is 4.08. The summed E-state index contributed by atoms with van der Waals surface area (Å²) in [6.45, 7) is 7.63. The summed E-state index contributed by atoms with van der Waals surface area (Å²) in [7, 11) is 0. The first-order valence-corrected chi connectivity index (χ1v) is 4.97. The number of amides is 1. The molecule has 0 spiro atoms. The Morgan fingerprint density at radius 3 is 2.67 bits per heavy atom. The summed E-state index contributed by atoms with van der Waals surface area (Å²) >= 11 is 0. The number of ether oxygens (including phenoxy) is 2. The van der Waals surface area contributed by atoms with Crippen molar-refractivity contribution in [2.75, 3.05) is 13.2 Å². The molecule has 1 rings (SSSR count). The number of morpholine rings is 1. The first-order chi connectivity index (χ1) is 6.81. The Balaban J connectivity index is 2.63. The Kier molecular flexibility index (Phi) is 3.21. The summed E-state index contributed by atoms with van der Waals surface area (Å²) in [5, 5.41) is 0. The van der Waals surface area contributed by atoms with E-state index in [0.29, 0.717) is 6.54 Å². The lowest BCUT2D eigenvalue weighted by molar-refractivity contribution is -0.155. The van der Waals surface area contributed by atoms with Gasteiger partial charge >= 0.3 is 12.1 Å². The predicted molar refractivity (Wildman–Crippen MR) is 53.4 cm³/mol. The monoisotopic (exact) mass is 215 g/mol. The maximum absolute atomic E-state index is 11.7. The average molecular weight is 215 g/mol. The Morgan fingerprint density at radius 2 is 2.13 bits per heavy atom. The van der Waals surface area contributed by atoms with Crippen LogP contribution in [-0.2, 0) is 14.3 Å². The van der Waals surface area contributed by atoms with Crippen LogP contribution < -0.4 is 0 Å². The molecule has 0 radical (unpaired) electrons. The highest BCUT2D eigenvalue weighted by Gasteiger charge is 2.33. The lowest BCUT2D eigenvalue weighted by atomic mass is 10.2. The third-order valence-corrected chi connectivity index (χ3v) is 2.01. The topological polar surface area (TPSA) is 55.8 Å². The van der Waals surface area contributed by atoms with Crippen molar-refractivity contribution in [1.82, 2.24) is 4.90 Å². The van der Waals surface area contributed by atoms with Gasteiger partial charge in [-0.2, -0.15) is 0 Å². The number of carbonyl (C=O) groups is 2. The average Bonchev–Trinajstić information content (AvgIpc) is 2.06. The van der Waals surface area contributed by atoms with Crippen LogP contribution in [-0.4, -0.2) is 41.8 Å². The van der Waals surface area contributed by atoms with Gasteiger partial charge in [0.15, 0.2) is 0 Å². The molecule has 1 aliphatic rings. The molecule has 1 atom stereocenters. The van der Waals surface area contributed by atoms with Gasteiger partial charge in [-0.05, 0) is 27.7 Å². The lowest BCUT2D eigenvalue weighted by Gasteiger charge is -2.33. The molecule has 1 heterocycles. The van der Waals surface area contributed by atoms with E-state index in [9.17, 15) is 9.59 Å². The fourth-order valence-corrected chi connectivity index (χ4v) is 1.26. The smallest absolute Gasteiger partial charge is 0.411 e. The highest BCUT2D eigenvalue weighted by molar-refractivity contribution is 5.82. The second-order valence-corrected chi connectivity index (χ2v) is 4.52. The molecule has 1 aliphatic heterocycles. The molecule has 1 amide bonds. The number of hydrogen-bond donors (Lipinski definition) is 0. The van der Waals surface area contributed by atoms with Crippen LogP contribution in [0.2, 0.25) is 0 Å². The SMILES string of the molecule is C[C@H]1C(=O)OCCN1C(=O)OC(C)(C)C.